The highest BCUT2D eigenvalue weighted by atomic mass is 16.5. The number of methoxy groups -OCH3 is 1. The van der Waals surface area contributed by atoms with Crippen molar-refractivity contribution in [1.29, 1.82) is 0 Å². The molecule has 2 rings (SSSR count). The van der Waals surface area contributed by atoms with Gasteiger partial charge in [0.15, 0.2) is 0 Å². The maximum atomic E-state index is 5.62. The predicted octanol–water partition coefficient (Wildman–Crippen LogP) is 3.73. The first-order valence-electron chi connectivity index (χ1n) is 5.66. The molecule has 0 heterocycles. The van der Waals surface area contributed by atoms with E-state index in [1.165, 1.54) is 24.8 Å². The first-order valence-corrected chi connectivity index (χ1v) is 5.66. The van der Waals surface area contributed by atoms with Gasteiger partial charge in [-0.3, -0.25) is 0 Å². The van der Waals surface area contributed by atoms with E-state index in [9.17, 15) is 0 Å². The zero-order valence-corrected chi connectivity index (χ0v) is 9.23. The maximum Gasteiger partial charge on any atom is 0.0883 e. The lowest BCUT2D eigenvalue weighted by atomic mass is 9.87. The smallest absolute Gasteiger partial charge is 0.0883 e. The Morgan fingerprint density at radius 1 is 1.27 bits per heavy atom. The fourth-order valence-corrected chi connectivity index (χ4v) is 2.29. The summed E-state index contributed by atoms with van der Waals surface area (Å²) in [6.45, 7) is 0. The molecule has 1 heteroatoms. The Hall–Kier alpha value is -1.08. The number of allylic oxidation sites excluding steroid dienone is 1. The second-order valence-corrected chi connectivity index (χ2v) is 4.09. The van der Waals surface area contributed by atoms with Crippen molar-refractivity contribution in [3.63, 3.8) is 0 Å². The third-order valence-corrected chi connectivity index (χ3v) is 3.06. The first-order chi connectivity index (χ1) is 7.42. The van der Waals surface area contributed by atoms with E-state index in [-0.39, 0.29) is 6.10 Å². The Labute approximate surface area is 91.8 Å². The minimum Gasteiger partial charge on any atom is -0.376 e. The topological polar surface area (TPSA) is 9.23 Å². The van der Waals surface area contributed by atoms with Crippen molar-refractivity contribution >= 4 is 0 Å². The molecule has 0 aliphatic heterocycles. The van der Waals surface area contributed by atoms with Crippen molar-refractivity contribution in [3.8, 4) is 0 Å². The highest BCUT2D eigenvalue weighted by Crippen LogP contribution is 2.32. The summed E-state index contributed by atoms with van der Waals surface area (Å²) in [5, 5.41) is 0. The first kappa shape index (κ1) is 10.4. The Balaban J connectivity index is 2.16. The van der Waals surface area contributed by atoms with Crippen LogP contribution in [0.25, 0.3) is 0 Å². The van der Waals surface area contributed by atoms with Gasteiger partial charge in [-0.05, 0) is 24.8 Å². The van der Waals surface area contributed by atoms with Gasteiger partial charge in [-0.2, -0.15) is 0 Å². The van der Waals surface area contributed by atoms with Crippen LogP contribution in [-0.4, -0.2) is 7.11 Å². The van der Waals surface area contributed by atoms with Crippen molar-refractivity contribution in [3.05, 3.63) is 48.0 Å². The van der Waals surface area contributed by atoms with Gasteiger partial charge < -0.3 is 4.74 Å². The summed E-state index contributed by atoms with van der Waals surface area (Å²) in [5.41, 5.74) is 1.29. The van der Waals surface area contributed by atoms with Crippen LogP contribution in [0.3, 0.4) is 0 Å². The van der Waals surface area contributed by atoms with Gasteiger partial charge in [-0.1, -0.05) is 42.5 Å². The molecule has 0 amide bonds. The van der Waals surface area contributed by atoms with Crippen LogP contribution in [0, 0.1) is 5.92 Å². The summed E-state index contributed by atoms with van der Waals surface area (Å²) in [6, 6.07) is 10.5. The molecule has 0 spiro atoms. The zero-order valence-electron chi connectivity index (χ0n) is 9.23. The molecule has 0 radical (unpaired) electrons. The molecule has 2 atom stereocenters. The van der Waals surface area contributed by atoms with Crippen LogP contribution in [0.15, 0.2) is 42.5 Å². The average Bonchev–Trinajstić information content (AvgIpc) is 2.33. The summed E-state index contributed by atoms with van der Waals surface area (Å²) >= 11 is 0. The molecule has 80 valence electrons. The van der Waals surface area contributed by atoms with E-state index >= 15 is 0 Å². The van der Waals surface area contributed by atoms with Crippen molar-refractivity contribution in [1.82, 2.24) is 0 Å². The van der Waals surface area contributed by atoms with Gasteiger partial charge in [0.2, 0.25) is 0 Å². The molecular weight excluding hydrogens is 184 g/mol. The lowest BCUT2D eigenvalue weighted by Gasteiger charge is -2.25. The van der Waals surface area contributed by atoms with Crippen LogP contribution >= 0.6 is 0 Å². The zero-order chi connectivity index (χ0) is 10.5. The monoisotopic (exact) mass is 202 g/mol. The molecule has 2 unspecified atom stereocenters. The van der Waals surface area contributed by atoms with Gasteiger partial charge in [0, 0.05) is 13.0 Å². The van der Waals surface area contributed by atoms with E-state index in [1.54, 1.807) is 7.11 Å². The molecule has 0 saturated carbocycles. The molecule has 0 N–H and O–H groups in total. The molecule has 15 heavy (non-hydrogen) atoms. The van der Waals surface area contributed by atoms with Gasteiger partial charge in [-0.25, -0.2) is 0 Å². The van der Waals surface area contributed by atoms with Crippen LogP contribution in [0.2, 0.25) is 0 Å². The van der Waals surface area contributed by atoms with Gasteiger partial charge in [-0.15, -0.1) is 0 Å². The van der Waals surface area contributed by atoms with Crippen molar-refractivity contribution in [2.24, 2.45) is 5.92 Å². The SMILES string of the molecule is COC(c1ccccc1)C1C=CCCC1. The number of rotatable bonds is 3. The van der Waals surface area contributed by atoms with Crippen LogP contribution in [0.4, 0.5) is 0 Å². The fraction of sp³-hybridized carbons (Fsp3) is 0.429. The predicted molar refractivity (Wildman–Crippen MR) is 62.7 cm³/mol. The molecule has 0 aromatic heterocycles. The molecule has 1 aromatic rings. The average molecular weight is 202 g/mol. The van der Waals surface area contributed by atoms with Crippen molar-refractivity contribution in [2.45, 2.75) is 25.4 Å². The van der Waals surface area contributed by atoms with Crippen LogP contribution < -0.4 is 0 Å². The summed E-state index contributed by atoms with van der Waals surface area (Å²) < 4.78 is 5.62. The minimum absolute atomic E-state index is 0.225. The third-order valence-electron chi connectivity index (χ3n) is 3.06. The highest BCUT2D eigenvalue weighted by molar-refractivity contribution is 5.20. The summed E-state index contributed by atoms with van der Waals surface area (Å²) in [5.74, 6) is 0.547. The maximum absolute atomic E-state index is 5.62. The molecule has 1 aliphatic carbocycles. The molecule has 0 fully saturated rings. The number of benzene rings is 1. The van der Waals surface area contributed by atoms with E-state index in [4.69, 9.17) is 4.74 Å². The summed E-state index contributed by atoms with van der Waals surface area (Å²) in [6.07, 6.45) is 8.57. The second-order valence-electron chi connectivity index (χ2n) is 4.09. The molecule has 0 bridgehead atoms. The fourth-order valence-electron chi connectivity index (χ4n) is 2.29. The number of hydrogen-bond acceptors (Lipinski definition) is 1. The lowest BCUT2D eigenvalue weighted by molar-refractivity contribution is 0.0630. The van der Waals surface area contributed by atoms with Crippen LogP contribution in [0.1, 0.15) is 30.9 Å². The van der Waals surface area contributed by atoms with E-state index < -0.39 is 0 Å². The summed E-state index contributed by atoms with van der Waals surface area (Å²) in [4.78, 5) is 0. The largest absolute Gasteiger partial charge is 0.376 e. The molecule has 0 saturated heterocycles. The van der Waals surface area contributed by atoms with Crippen LogP contribution in [0.5, 0.6) is 0 Å². The normalized spacial score (nSPS) is 22.6. The van der Waals surface area contributed by atoms with E-state index in [0.29, 0.717) is 5.92 Å². The quantitative estimate of drug-likeness (QED) is 0.679. The van der Waals surface area contributed by atoms with Gasteiger partial charge in [0.25, 0.3) is 0 Å². The number of ether oxygens (including phenoxy) is 1. The van der Waals surface area contributed by atoms with E-state index in [1.807, 2.05) is 6.07 Å². The number of hydrogen-bond donors (Lipinski definition) is 0. The van der Waals surface area contributed by atoms with Gasteiger partial charge in [0.1, 0.15) is 0 Å². The highest BCUT2D eigenvalue weighted by Gasteiger charge is 2.21. The Morgan fingerprint density at radius 2 is 2.07 bits per heavy atom. The minimum atomic E-state index is 0.225. The Morgan fingerprint density at radius 3 is 2.67 bits per heavy atom. The molecule has 1 nitrogen and oxygen atoms in total. The van der Waals surface area contributed by atoms with Crippen LogP contribution in [-0.2, 0) is 4.74 Å². The molecule has 1 aromatic carbocycles. The molecular formula is C14H18O. The van der Waals surface area contributed by atoms with Gasteiger partial charge in [0.05, 0.1) is 6.10 Å². The Bertz CT molecular complexity index is 315. The molecule has 1 aliphatic rings. The standard InChI is InChI=1S/C14H18O/c1-15-14(12-8-4-2-5-9-12)13-10-6-3-7-11-13/h2,4-6,8-10,13-14H,3,7,11H2,1H3. The van der Waals surface area contributed by atoms with Crippen molar-refractivity contribution < 1.29 is 4.74 Å². The van der Waals surface area contributed by atoms with Crippen molar-refractivity contribution in [2.75, 3.05) is 7.11 Å². The summed E-state index contributed by atoms with van der Waals surface area (Å²) in [7, 11) is 1.81. The Kier molecular flexibility index (Phi) is 3.57. The van der Waals surface area contributed by atoms with Gasteiger partial charge >= 0.3 is 0 Å². The van der Waals surface area contributed by atoms with E-state index in [2.05, 4.69) is 36.4 Å². The second kappa shape index (κ2) is 5.13. The lowest BCUT2D eigenvalue weighted by Crippen LogP contribution is -2.14. The third kappa shape index (κ3) is 2.48. The van der Waals surface area contributed by atoms with E-state index in [0.717, 1.165) is 0 Å².